The molecule has 87 heavy (non-hydrogen) atoms. The minimum atomic E-state index is -3.47. The number of nitrogens with zero attached hydrogens (tertiary/aromatic N) is 7. The molecule has 3 aromatic rings. The summed E-state index contributed by atoms with van der Waals surface area (Å²) >= 11 is -2.54. The molecule has 3 fully saturated rings. The van der Waals surface area contributed by atoms with Crippen molar-refractivity contribution in [1.29, 1.82) is 0 Å². The molecule has 3 saturated heterocycles. The van der Waals surface area contributed by atoms with Crippen LogP contribution in [0.2, 0.25) is 0 Å². The number of piperidine rings is 1. The minimum Gasteiger partial charge on any atom is -0.755 e. The Kier molecular flexibility index (Phi) is 38.9. The molecule has 28 nitrogen and oxygen atoms in total. The second-order valence-corrected chi connectivity index (χ2v) is 29.5. The highest BCUT2D eigenvalue weighted by molar-refractivity contribution is 7.89. The molecule has 0 radical (unpaired) electrons. The van der Waals surface area contributed by atoms with Crippen LogP contribution in [0.1, 0.15) is 68.8 Å². The largest absolute Gasteiger partial charge is 0.755 e. The predicted octanol–water partition coefficient (Wildman–Crippen LogP) is 2.04. The minimum absolute atomic E-state index is 0. The van der Waals surface area contributed by atoms with Crippen LogP contribution in [0.5, 0.6) is 0 Å². The monoisotopic (exact) mass is 1340 g/mol. The van der Waals surface area contributed by atoms with Crippen molar-refractivity contribution in [1.82, 2.24) is 26.4 Å². The van der Waals surface area contributed by atoms with Gasteiger partial charge in [-0.25, -0.2) is 63.6 Å². The van der Waals surface area contributed by atoms with Crippen molar-refractivity contribution in [3.8, 4) is 0 Å². The van der Waals surface area contributed by atoms with E-state index in [0.717, 1.165) is 47.0 Å². The molecule has 34 heteroatoms. The summed E-state index contributed by atoms with van der Waals surface area (Å²) in [6.07, 6.45) is 12.4. The Balaban J connectivity index is 0. The van der Waals surface area contributed by atoms with Crippen LogP contribution in [0.3, 0.4) is 0 Å². The van der Waals surface area contributed by atoms with E-state index in [1.807, 2.05) is 18.2 Å². The van der Waals surface area contributed by atoms with Gasteiger partial charge in [0.25, 0.3) is 5.91 Å². The van der Waals surface area contributed by atoms with Crippen LogP contribution in [0, 0.1) is 5.92 Å². The van der Waals surface area contributed by atoms with E-state index in [2.05, 4.69) is 38.7 Å². The zero-order valence-corrected chi connectivity index (χ0v) is 54.5. The van der Waals surface area contributed by atoms with E-state index in [9.17, 15) is 84.4 Å². The molecule has 0 bridgehead atoms. The number of ether oxygens (including phenoxy) is 2. The van der Waals surface area contributed by atoms with Gasteiger partial charge in [0.05, 0.1) is 62.5 Å². The number of methoxy groups -OCH3 is 2. The Labute approximate surface area is 516 Å². The average molecular weight is 1350 g/mol. The summed E-state index contributed by atoms with van der Waals surface area (Å²) < 4.78 is 144. The third kappa shape index (κ3) is 35.9. The standard InChI is InChI=1S/C14H20N2O2S.C9H11NO3S.C8H14O4.C7H7NO3S.C6H11NO3S.C5H9NO3S.C3H7NO3S.CH4/c1-19(17,18)16-12-10-15(11-13-16)9-5-8-14-6-3-2-4-7-14;1-10(14(2,12)13)9(11)8-6-4-3-5-7-8;1-6(4-7(9)11-2)5-8(10)12-3;9-6-8(12(10)11)7-4-2-1-3-5-7;1-11(9,10)7-4-2-6(8)3-5-7;1-10(8,9)6-4-2-3-5(6)7;1-4(3-5)8(2,6)7;/h2-8H,9-13H2,1H3;3-7H,1-2H3;6H,4-5H2,1-3H3;1-6H,(H,10,11);2-5H2,1H3;2-4H2,1H3;3H,1-2H3;1H4/p-1/b8-5+;;;;;;;. The number of sulfonamides is 5. The summed E-state index contributed by atoms with van der Waals surface area (Å²) in [6.45, 7) is 6.53. The lowest BCUT2D eigenvalue weighted by atomic mass is 10.0. The molecule has 6 rings (SSSR count). The number of esters is 2. The molecule has 1 atom stereocenters. The van der Waals surface area contributed by atoms with Crippen LogP contribution in [0.25, 0.3) is 6.08 Å². The van der Waals surface area contributed by atoms with Crippen molar-refractivity contribution in [3.63, 3.8) is 0 Å². The smallest absolute Gasteiger partial charge is 0.305 e. The lowest BCUT2D eigenvalue weighted by molar-refractivity contribution is -0.144. The van der Waals surface area contributed by atoms with E-state index >= 15 is 0 Å². The molecule has 0 spiro atoms. The Morgan fingerprint density at radius 2 is 1.06 bits per heavy atom. The third-order valence-corrected chi connectivity index (χ3v) is 18.4. The number of amides is 4. The van der Waals surface area contributed by atoms with Crippen molar-refractivity contribution >= 4 is 116 Å². The Bertz CT molecular complexity index is 3240. The van der Waals surface area contributed by atoms with Gasteiger partial charge < -0.3 is 14.0 Å². The highest BCUT2D eigenvalue weighted by Crippen LogP contribution is 2.15. The number of para-hydroxylation sites is 1. The summed E-state index contributed by atoms with van der Waals surface area (Å²) in [7, 11) is -11.0. The van der Waals surface area contributed by atoms with Crippen LogP contribution in [0.4, 0.5) is 5.69 Å². The van der Waals surface area contributed by atoms with Gasteiger partial charge in [-0.1, -0.05) is 93.2 Å². The zero-order valence-electron chi connectivity index (χ0n) is 49.6. The fraction of sp³-hybridized carbons (Fsp3) is 0.491. The Hall–Kier alpha value is -6.37. The highest BCUT2D eigenvalue weighted by atomic mass is 32.2. The molecular weight excluding hydrogens is 1260 g/mol. The van der Waals surface area contributed by atoms with Gasteiger partial charge in [-0.15, -0.1) is 0 Å². The van der Waals surface area contributed by atoms with Crippen LogP contribution in [-0.4, -0.2) is 232 Å². The summed E-state index contributed by atoms with van der Waals surface area (Å²) in [4.78, 5) is 76.7. The fourth-order valence-electron chi connectivity index (χ4n) is 6.74. The molecule has 3 aliphatic heterocycles. The third-order valence-electron chi connectivity index (χ3n) is 11.7. The van der Waals surface area contributed by atoms with Crippen LogP contribution >= 0.6 is 0 Å². The number of benzene rings is 3. The maximum atomic E-state index is 11.5. The van der Waals surface area contributed by atoms with Gasteiger partial charge >= 0.3 is 11.9 Å². The predicted molar refractivity (Wildman–Crippen MR) is 330 cm³/mol. The molecule has 0 aliphatic carbocycles. The Morgan fingerprint density at radius 3 is 1.39 bits per heavy atom. The van der Waals surface area contributed by atoms with Gasteiger partial charge in [0.15, 0.2) is 0 Å². The van der Waals surface area contributed by atoms with Crippen molar-refractivity contribution in [3.05, 3.63) is 108 Å². The topological polar surface area (TPSA) is 371 Å². The number of carbonyl (C=O) groups is 7. The second-order valence-electron chi connectivity index (χ2n) is 18.7. The Morgan fingerprint density at radius 1 is 0.621 bits per heavy atom. The first-order chi connectivity index (χ1) is 39.8. The lowest BCUT2D eigenvalue weighted by Crippen LogP contribution is -2.48. The van der Waals surface area contributed by atoms with E-state index in [1.165, 1.54) is 62.8 Å². The number of hydrogen-bond donors (Lipinski definition) is 0. The average Bonchev–Trinajstić information content (AvgIpc) is 4.19. The second kappa shape index (κ2) is 41.0. The summed E-state index contributed by atoms with van der Waals surface area (Å²) in [5, 5.41) is 0. The van der Waals surface area contributed by atoms with Gasteiger partial charge in [0.1, 0.15) is 5.78 Å². The van der Waals surface area contributed by atoms with Crippen LogP contribution < -0.4 is 4.31 Å². The van der Waals surface area contributed by atoms with Crippen molar-refractivity contribution in [2.24, 2.45) is 5.92 Å². The number of hydrogen-bond acceptors (Lipinski definition) is 22. The van der Waals surface area contributed by atoms with Gasteiger partial charge in [0.2, 0.25) is 68.8 Å². The molecule has 1 unspecified atom stereocenters. The van der Waals surface area contributed by atoms with Gasteiger partial charge in [0, 0.05) is 104 Å². The molecule has 3 aromatic carbocycles. The van der Waals surface area contributed by atoms with Gasteiger partial charge in [-0.3, -0.25) is 42.7 Å². The summed E-state index contributed by atoms with van der Waals surface area (Å²) in [5.41, 5.74) is 1.89. The van der Waals surface area contributed by atoms with E-state index in [0.29, 0.717) is 78.3 Å². The molecule has 0 aromatic heterocycles. The maximum Gasteiger partial charge on any atom is 0.305 e. The van der Waals surface area contributed by atoms with E-state index in [-0.39, 0.29) is 62.6 Å². The maximum absolute atomic E-state index is 11.5. The summed E-state index contributed by atoms with van der Waals surface area (Å²) in [6, 6.07) is 26.6. The first kappa shape index (κ1) is 82.7. The fourth-order valence-corrected chi connectivity index (χ4v) is 10.3. The molecule has 3 heterocycles. The molecule has 4 amide bonds. The van der Waals surface area contributed by atoms with Crippen molar-refractivity contribution in [2.75, 3.05) is 116 Å². The van der Waals surface area contributed by atoms with E-state index in [1.54, 1.807) is 59.8 Å². The van der Waals surface area contributed by atoms with Gasteiger partial charge in [-0.05, 0) is 42.2 Å². The molecule has 492 valence electrons. The first-order valence-electron chi connectivity index (χ1n) is 25.6. The van der Waals surface area contributed by atoms with Crippen molar-refractivity contribution in [2.45, 2.75) is 52.9 Å². The molecular formula is C53H82N7O21S6-. The number of ketones is 1. The number of rotatable bonds is 17. The molecule has 3 aliphatic rings. The number of Topliss-reactive ketones (excluding diaryl/α,β-unsaturated/α-hetero) is 1. The van der Waals surface area contributed by atoms with Crippen molar-refractivity contribution < 1.29 is 93.9 Å². The van der Waals surface area contributed by atoms with E-state index in [4.69, 9.17) is 0 Å². The van der Waals surface area contributed by atoms with Crippen LogP contribution in [-0.2, 0) is 99.6 Å². The SMILES string of the molecule is C.CN(C(=O)c1ccccc1)S(C)(=O)=O.CN(C=O)S(C)(=O)=O.COC(=O)CC(C)CC(=O)OC.CS(=O)(=O)N1CCC(=O)CC1.CS(=O)(=O)N1CCCC1=O.CS(=O)(=O)N1CCN(C/C=C/c2ccccc2)CC1.O=CN(c1ccccc1)S(=O)[O-]. The lowest BCUT2D eigenvalue weighted by Gasteiger charge is -2.32. The normalized spacial score (nSPS) is 15.0. The zero-order chi connectivity index (χ0) is 66.1. The number of piperazine rings is 1. The quantitative estimate of drug-likeness (QED) is 0.106. The van der Waals surface area contributed by atoms with E-state index < -0.39 is 67.3 Å². The van der Waals surface area contributed by atoms with Crippen LogP contribution in [0.15, 0.2) is 97.1 Å². The van der Waals surface area contributed by atoms with Gasteiger partial charge in [-0.2, -0.15) is 4.31 Å². The molecule has 0 saturated carbocycles. The molecule has 0 N–H and O–H groups in total. The number of anilines is 1. The highest BCUT2D eigenvalue weighted by Gasteiger charge is 2.28. The number of carbonyl (C=O) groups excluding carboxylic acids is 7. The summed E-state index contributed by atoms with van der Waals surface area (Å²) in [5.74, 6) is -1.26. The first-order valence-corrected chi connectivity index (χ1v) is 35.9.